The summed E-state index contributed by atoms with van der Waals surface area (Å²) in [7, 11) is 0. The monoisotopic (exact) mass is 446 g/mol. The zero-order chi connectivity index (χ0) is 23.0. The van der Waals surface area contributed by atoms with Crippen LogP contribution in [-0.2, 0) is 17.8 Å². The van der Waals surface area contributed by atoms with Crippen molar-refractivity contribution in [2.75, 3.05) is 19.6 Å². The third kappa shape index (κ3) is 5.28. The average Bonchev–Trinajstić information content (AvgIpc) is 3.10. The van der Waals surface area contributed by atoms with Gasteiger partial charge < -0.3 is 19.5 Å². The highest BCUT2D eigenvalue weighted by molar-refractivity contribution is 5.91. The summed E-state index contributed by atoms with van der Waals surface area (Å²) in [5.74, 6) is 0.646. The Kier molecular flexibility index (Phi) is 6.49. The number of aromatic nitrogens is 3. The van der Waals surface area contributed by atoms with Gasteiger partial charge >= 0.3 is 12.3 Å². The van der Waals surface area contributed by atoms with E-state index in [-0.39, 0.29) is 24.8 Å². The SMILES string of the molecule is CC(C)N1CCn2c(nnc2C(=O)NC2(C)CCN(C(=O)OC(C)C(F)(F)F)CC2)C1. The van der Waals surface area contributed by atoms with E-state index in [1.807, 2.05) is 11.5 Å². The lowest BCUT2D eigenvalue weighted by atomic mass is 9.89. The molecular formula is C19H29F3N6O3. The van der Waals surface area contributed by atoms with Gasteiger partial charge in [-0.15, -0.1) is 10.2 Å². The highest BCUT2D eigenvalue weighted by Crippen LogP contribution is 2.26. The summed E-state index contributed by atoms with van der Waals surface area (Å²) in [5.41, 5.74) is -0.617. The van der Waals surface area contributed by atoms with Crippen LogP contribution in [0.3, 0.4) is 0 Å². The molecule has 1 N–H and O–H groups in total. The third-order valence-corrected chi connectivity index (χ3v) is 6.00. The summed E-state index contributed by atoms with van der Waals surface area (Å²) < 4.78 is 44.1. The molecule has 1 atom stereocenters. The number of rotatable bonds is 4. The van der Waals surface area contributed by atoms with Crippen molar-refractivity contribution in [3.05, 3.63) is 11.6 Å². The van der Waals surface area contributed by atoms with Crippen molar-refractivity contribution >= 4 is 12.0 Å². The molecule has 0 aromatic carbocycles. The molecular weight excluding hydrogens is 417 g/mol. The summed E-state index contributed by atoms with van der Waals surface area (Å²) in [4.78, 5) is 28.3. The second kappa shape index (κ2) is 8.64. The Morgan fingerprint density at radius 3 is 2.32 bits per heavy atom. The number of carbonyl (C=O) groups excluding carboxylic acids is 2. The number of hydrogen-bond acceptors (Lipinski definition) is 6. The predicted octanol–water partition coefficient (Wildman–Crippen LogP) is 2.17. The standard InChI is InChI=1S/C19H29F3N6O3/c1-12(2)27-9-10-28-14(11-27)24-25-15(28)16(29)23-18(4)5-7-26(8-6-18)17(30)31-13(3)19(20,21)22/h12-13H,5-11H2,1-4H3,(H,23,29). The summed E-state index contributed by atoms with van der Waals surface area (Å²) >= 11 is 0. The fourth-order valence-corrected chi connectivity index (χ4v) is 3.72. The van der Waals surface area contributed by atoms with Crippen LogP contribution in [0.2, 0.25) is 0 Å². The molecule has 2 amide bonds. The van der Waals surface area contributed by atoms with Gasteiger partial charge in [0.1, 0.15) is 5.82 Å². The molecule has 31 heavy (non-hydrogen) atoms. The fraction of sp³-hybridized carbons (Fsp3) is 0.789. The first-order valence-electron chi connectivity index (χ1n) is 10.4. The minimum Gasteiger partial charge on any atom is -0.437 e. The van der Waals surface area contributed by atoms with Crippen molar-refractivity contribution in [1.29, 1.82) is 0 Å². The molecule has 0 aliphatic carbocycles. The Labute approximate surface area is 178 Å². The van der Waals surface area contributed by atoms with Gasteiger partial charge in [0.15, 0.2) is 6.10 Å². The van der Waals surface area contributed by atoms with E-state index in [0.717, 1.165) is 19.3 Å². The molecule has 0 bridgehead atoms. The number of amides is 2. The Morgan fingerprint density at radius 2 is 1.74 bits per heavy atom. The predicted molar refractivity (Wildman–Crippen MR) is 104 cm³/mol. The molecule has 1 aromatic heterocycles. The van der Waals surface area contributed by atoms with E-state index in [4.69, 9.17) is 0 Å². The van der Waals surface area contributed by atoms with Gasteiger partial charge in [0.25, 0.3) is 5.91 Å². The quantitative estimate of drug-likeness (QED) is 0.762. The van der Waals surface area contributed by atoms with Crippen LogP contribution in [-0.4, -0.2) is 80.1 Å². The molecule has 3 rings (SSSR count). The number of likely N-dealkylation sites (tertiary alicyclic amines) is 1. The van der Waals surface area contributed by atoms with Gasteiger partial charge in [0.05, 0.1) is 6.54 Å². The fourth-order valence-electron chi connectivity index (χ4n) is 3.72. The number of nitrogens with zero attached hydrogens (tertiary/aromatic N) is 5. The molecule has 0 radical (unpaired) electrons. The molecule has 1 unspecified atom stereocenters. The molecule has 1 fully saturated rings. The van der Waals surface area contributed by atoms with Crippen LogP contribution >= 0.6 is 0 Å². The van der Waals surface area contributed by atoms with Crippen LogP contribution in [0, 0.1) is 0 Å². The molecule has 2 aliphatic heterocycles. The molecule has 3 heterocycles. The van der Waals surface area contributed by atoms with Gasteiger partial charge in [0, 0.05) is 37.8 Å². The van der Waals surface area contributed by atoms with Crippen molar-refractivity contribution < 1.29 is 27.5 Å². The van der Waals surface area contributed by atoms with Crippen LogP contribution in [0.15, 0.2) is 0 Å². The van der Waals surface area contributed by atoms with E-state index in [1.165, 1.54) is 4.90 Å². The number of fused-ring (bicyclic) bond motifs is 1. The van der Waals surface area contributed by atoms with E-state index in [2.05, 4.69) is 39.0 Å². The maximum Gasteiger partial charge on any atom is 0.425 e. The molecule has 174 valence electrons. The van der Waals surface area contributed by atoms with Crippen molar-refractivity contribution in [3.8, 4) is 0 Å². The summed E-state index contributed by atoms with van der Waals surface area (Å²) in [5, 5.41) is 11.2. The van der Waals surface area contributed by atoms with Gasteiger partial charge in [-0.05, 0) is 40.5 Å². The molecule has 12 heteroatoms. The van der Waals surface area contributed by atoms with E-state index >= 15 is 0 Å². The number of nitrogens with one attached hydrogen (secondary N) is 1. The summed E-state index contributed by atoms with van der Waals surface area (Å²) in [6.45, 7) is 9.26. The maximum atomic E-state index is 12.9. The second-order valence-corrected chi connectivity index (χ2v) is 8.73. The average molecular weight is 446 g/mol. The van der Waals surface area contributed by atoms with E-state index in [0.29, 0.717) is 32.0 Å². The second-order valence-electron chi connectivity index (χ2n) is 8.73. The third-order valence-electron chi connectivity index (χ3n) is 6.00. The lowest BCUT2D eigenvalue weighted by Gasteiger charge is -2.39. The number of ether oxygens (including phenoxy) is 1. The minimum absolute atomic E-state index is 0.182. The van der Waals surface area contributed by atoms with Crippen LogP contribution in [0.4, 0.5) is 18.0 Å². The minimum atomic E-state index is -4.60. The first-order chi connectivity index (χ1) is 14.4. The number of halogens is 3. The van der Waals surface area contributed by atoms with Crippen molar-refractivity contribution in [2.45, 2.75) is 77.5 Å². The highest BCUT2D eigenvalue weighted by Gasteiger charge is 2.41. The highest BCUT2D eigenvalue weighted by atomic mass is 19.4. The number of alkyl halides is 3. The van der Waals surface area contributed by atoms with Gasteiger partial charge in [-0.1, -0.05) is 0 Å². The van der Waals surface area contributed by atoms with Gasteiger partial charge in [-0.2, -0.15) is 13.2 Å². The zero-order valence-corrected chi connectivity index (χ0v) is 18.2. The lowest BCUT2D eigenvalue weighted by molar-refractivity contribution is -0.200. The molecule has 2 aliphatic rings. The van der Waals surface area contributed by atoms with Gasteiger partial charge in [0.2, 0.25) is 5.82 Å². The summed E-state index contributed by atoms with van der Waals surface area (Å²) in [6.07, 6.45) is -7.00. The number of piperidine rings is 1. The summed E-state index contributed by atoms with van der Waals surface area (Å²) in [6, 6.07) is 0.373. The Hall–Kier alpha value is -2.37. The largest absolute Gasteiger partial charge is 0.437 e. The van der Waals surface area contributed by atoms with Crippen LogP contribution < -0.4 is 5.32 Å². The van der Waals surface area contributed by atoms with Crippen LogP contribution in [0.5, 0.6) is 0 Å². The van der Waals surface area contributed by atoms with Crippen molar-refractivity contribution in [2.24, 2.45) is 0 Å². The molecule has 0 spiro atoms. The molecule has 9 nitrogen and oxygen atoms in total. The molecule has 1 saturated heterocycles. The van der Waals surface area contributed by atoms with E-state index in [1.54, 1.807) is 0 Å². The Bertz CT molecular complexity index is 817. The smallest absolute Gasteiger partial charge is 0.425 e. The first-order valence-corrected chi connectivity index (χ1v) is 10.4. The van der Waals surface area contributed by atoms with E-state index < -0.39 is 23.9 Å². The molecule has 1 aromatic rings. The maximum absolute atomic E-state index is 12.9. The van der Waals surface area contributed by atoms with Gasteiger partial charge in [-0.3, -0.25) is 9.69 Å². The van der Waals surface area contributed by atoms with Crippen LogP contribution in [0.1, 0.15) is 57.0 Å². The van der Waals surface area contributed by atoms with Crippen molar-refractivity contribution in [3.63, 3.8) is 0 Å². The lowest BCUT2D eigenvalue weighted by Crippen LogP contribution is -2.55. The normalized spacial score (nSPS) is 20.3. The van der Waals surface area contributed by atoms with Crippen molar-refractivity contribution in [1.82, 2.24) is 29.9 Å². The van der Waals surface area contributed by atoms with Crippen LogP contribution in [0.25, 0.3) is 0 Å². The Morgan fingerprint density at radius 1 is 1.10 bits per heavy atom. The number of hydrogen-bond donors (Lipinski definition) is 1. The topological polar surface area (TPSA) is 92.6 Å². The Balaban J connectivity index is 1.56. The zero-order valence-electron chi connectivity index (χ0n) is 18.2. The first kappa shape index (κ1) is 23.3. The number of carbonyl (C=O) groups is 2. The van der Waals surface area contributed by atoms with Gasteiger partial charge in [-0.25, -0.2) is 4.79 Å². The molecule has 0 saturated carbocycles. The van der Waals surface area contributed by atoms with E-state index in [9.17, 15) is 22.8 Å².